The average molecular weight is 966 g/mol. The van der Waals surface area contributed by atoms with Crippen molar-refractivity contribution in [2.75, 3.05) is 40.9 Å². The van der Waals surface area contributed by atoms with E-state index in [-0.39, 0.29) is 12.5 Å². The van der Waals surface area contributed by atoms with Gasteiger partial charge >= 0.3 is 0 Å². The van der Waals surface area contributed by atoms with Gasteiger partial charge in [-0.2, -0.15) is 0 Å². The van der Waals surface area contributed by atoms with Gasteiger partial charge in [0, 0.05) is 6.42 Å². The smallest absolute Gasteiger partial charge is 0.268 e. The van der Waals surface area contributed by atoms with Crippen LogP contribution < -0.4 is 10.2 Å². The SMILES string of the molecule is CCCCCCCCCCCC/C=C\CCCCCCCCCC(=O)NC(COP(=O)([O-])OCC[N+](C)(C)C)C(O)/C=C/CC/C=C/CCCCCCCCCCCCCCCCCCCC. The number of carbonyl (C=O) groups excluding carboxylic acids is 1. The van der Waals surface area contributed by atoms with Gasteiger partial charge in [0.05, 0.1) is 39.9 Å². The zero-order chi connectivity index (χ0) is 49.2. The monoisotopic (exact) mass is 965 g/mol. The van der Waals surface area contributed by atoms with E-state index in [2.05, 4.69) is 43.5 Å². The van der Waals surface area contributed by atoms with Crippen LogP contribution in [-0.4, -0.2) is 68.5 Å². The first-order valence-electron chi connectivity index (χ1n) is 28.9. The molecule has 0 saturated carbocycles. The van der Waals surface area contributed by atoms with Crippen LogP contribution in [0.2, 0.25) is 0 Å². The molecule has 3 atom stereocenters. The third-order valence-electron chi connectivity index (χ3n) is 13.1. The number of unbranched alkanes of at least 4 members (excludes halogenated alkanes) is 36. The summed E-state index contributed by atoms with van der Waals surface area (Å²) in [7, 11) is 1.25. The molecule has 0 aliphatic heterocycles. The summed E-state index contributed by atoms with van der Waals surface area (Å²) in [5.74, 6) is -0.208. The maximum Gasteiger partial charge on any atom is 0.268 e. The molecule has 0 radical (unpaired) electrons. The van der Waals surface area contributed by atoms with Crippen LogP contribution in [0.1, 0.15) is 277 Å². The van der Waals surface area contributed by atoms with Crippen molar-refractivity contribution in [3.8, 4) is 0 Å². The predicted octanol–water partition coefficient (Wildman–Crippen LogP) is 16.7. The van der Waals surface area contributed by atoms with Crippen molar-refractivity contribution in [3.05, 3.63) is 36.5 Å². The second-order valence-corrected chi connectivity index (χ2v) is 22.4. The van der Waals surface area contributed by atoms with E-state index in [9.17, 15) is 19.4 Å². The molecular formula is C58H113N2O6P. The normalized spacial score (nSPS) is 14.2. The number of hydrogen-bond donors (Lipinski definition) is 2. The van der Waals surface area contributed by atoms with Gasteiger partial charge in [0.25, 0.3) is 7.82 Å². The first kappa shape index (κ1) is 65.7. The van der Waals surface area contributed by atoms with Crippen molar-refractivity contribution in [3.63, 3.8) is 0 Å². The second kappa shape index (κ2) is 49.7. The summed E-state index contributed by atoms with van der Waals surface area (Å²) in [5.41, 5.74) is 0. The molecule has 0 rings (SSSR count). The number of nitrogens with one attached hydrogen (secondary N) is 1. The van der Waals surface area contributed by atoms with Gasteiger partial charge < -0.3 is 28.8 Å². The molecular weight excluding hydrogens is 852 g/mol. The highest BCUT2D eigenvalue weighted by Gasteiger charge is 2.23. The largest absolute Gasteiger partial charge is 0.756 e. The molecule has 0 spiro atoms. The summed E-state index contributed by atoms with van der Waals surface area (Å²) >= 11 is 0. The first-order chi connectivity index (χ1) is 32.5. The molecule has 0 heterocycles. The number of phosphoric ester groups is 1. The fraction of sp³-hybridized carbons (Fsp3) is 0.879. The van der Waals surface area contributed by atoms with Crippen LogP contribution in [0.3, 0.4) is 0 Å². The van der Waals surface area contributed by atoms with Crippen LogP contribution in [0.5, 0.6) is 0 Å². The van der Waals surface area contributed by atoms with E-state index in [1.807, 2.05) is 27.2 Å². The van der Waals surface area contributed by atoms with Crippen molar-refractivity contribution in [1.29, 1.82) is 0 Å². The molecule has 9 heteroatoms. The van der Waals surface area contributed by atoms with E-state index in [1.165, 1.54) is 218 Å². The molecule has 8 nitrogen and oxygen atoms in total. The zero-order valence-electron chi connectivity index (χ0n) is 45.1. The Morgan fingerprint density at radius 1 is 0.507 bits per heavy atom. The van der Waals surface area contributed by atoms with Crippen LogP contribution in [-0.2, 0) is 18.4 Å². The fourth-order valence-electron chi connectivity index (χ4n) is 8.52. The molecule has 0 aromatic heterocycles. The highest BCUT2D eigenvalue weighted by atomic mass is 31.2. The van der Waals surface area contributed by atoms with Crippen molar-refractivity contribution < 1.29 is 32.9 Å². The van der Waals surface area contributed by atoms with Crippen LogP contribution in [0.15, 0.2) is 36.5 Å². The van der Waals surface area contributed by atoms with E-state index in [4.69, 9.17) is 9.05 Å². The highest BCUT2D eigenvalue weighted by molar-refractivity contribution is 7.45. The Labute approximate surface area is 417 Å². The number of hydrogen-bond acceptors (Lipinski definition) is 6. The van der Waals surface area contributed by atoms with Crippen molar-refractivity contribution in [1.82, 2.24) is 5.32 Å². The molecule has 0 saturated heterocycles. The maximum absolute atomic E-state index is 13.0. The lowest BCUT2D eigenvalue weighted by Gasteiger charge is -2.29. The molecule has 396 valence electrons. The average Bonchev–Trinajstić information content (AvgIpc) is 3.29. The number of carbonyl (C=O) groups is 1. The lowest BCUT2D eigenvalue weighted by molar-refractivity contribution is -0.870. The molecule has 0 aliphatic rings. The molecule has 0 aromatic carbocycles. The topological polar surface area (TPSA) is 108 Å². The van der Waals surface area contributed by atoms with Crippen LogP contribution in [0.25, 0.3) is 0 Å². The molecule has 0 fully saturated rings. The molecule has 0 bridgehead atoms. The summed E-state index contributed by atoms with van der Waals surface area (Å²) in [6.07, 6.45) is 63.7. The zero-order valence-corrected chi connectivity index (χ0v) is 46.0. The Hall–Kier alpha value is -1.28. The standard InChI is InChI=1S/C58H113N2O6P/c1-6-8-10-12-14-16-18-20-22-24-26-28-29-30-32-33-35-37-39-41-43-45-47-49-51-57(61)56(55-66-67(63,64)65-54-53-60(3,4)5)59-58(62)52-50-48-46-44-42-40-38-36-34-31-27-25-23-21-19-17-15-13-11-9-7-2/h31,34,41,43,49,51,56-57,61H,6-30,32-33,35-40,42,44-48,50,52-55H2,1-5H3,(H-,59,62,63,64)/b34-31-,43-41+,51-49+. The van der Waals surface area contributed by atoms with E-state index in [0.717, 1.165) is 38.5 Å². The van der Waals surface area contributed by atoms with Gasteiger partial charge in [0.1, 0.15) is 13.2 Å². The van der Waals surface area contributed by atoms with Gasteiger partial charge in [0.2, 0.25) is 5.91 Å². The molecule has 1 amide bonds. The lowest BCUT2D eigenvalue weighted by Crippen LogP contribution is -2.45. The number of rotatable bonds is 53. The van der Waals surface area contributed by atoms with E-state index in [1.54, 1.807) is 6.08 Å². The summed E-state index contributed by atoms with van der Waals surface area (Å²) in [6.45, 7) is 4.66. The van der Waals surface area contributed by atoms with Crippen molar-refractivity contribution in [2.24, 2.45) is 0 Å². The minimum Gasteiger partial charge on any atom is -0.756 e. The van der Waals surface area contributed by atoms with Crippen molar-refractivity contribution >= 4 is 13.7 Å². The van der Waals surface area contributed by atoms with Crippen LogP contribution in [0, 0.1) is 0 Å². The number of aliphatic hydroxyl groups is 1. The van der Waals surface area contributed by atoms with Crippen LogP contribution >= 0.6 is 7.82 Å². The van der Waals surface area contributed by atoms with Crippen molar-refractivity contribution in [2.45, 2.75) is 289 Å². The molecule has 0 aromatic rings. The predicted molar refractivity (Wildman–Crippen MR) is 288 cm³/mol. The number of phosphoric acid groups is 1. The Balaban J connectivity index is 4.26. The summed E-state index contributed by atoms with van der Waals surface area (Å²) in [5, 5.41) is 13.9. The third-order valence-corrected chi connectivity index (χ3v) is 14.0. The van der Waals surface area contributed by atoms with Crippen LogP contribution in [0.4, 0.5) is 0 Å². The Morgan fingerprint density at radius 2 is 0.836 bits per heavy atom. The molecule has 0 aliphatic carbocycles. The molecule has 67 heavy (non-hydrogen) atoms. The number of allylic oxidation sites excluding steroid dienone is 5. The molecule has 3 unspecified atom stereocenters. The minimum atomic E-state index is -4.61. The fourth-order valence-corrected chi connectivity index (χ4v) is 9.24. The van der Waals surface area contributed by atoms with Gasteiger partial charge in [-0.3, -0.25) is 9.36 Å². The third kappa shape index (κ3) is 52.4. The van der Waals surface area contributed by atoms with Gasteiger partial charge in [-0.1, -0.05) is 249 Å². The quantitative estimate of drug-likeness (QED) is 0.0272. The number of aliphatic hydroxyl groups excluding tert-OH is 1. The number of amides is 1. The second-order valence-electron chi connectivity index (χ2n) is 21.0. The first-order valence-corrected chi connectivity index (χ1v) is 30.3. The number of quaternary nitrogens is 1. The number of nitrogens with zero attached hydrogens (tertiary/aromatic N) is 1. The van der Waals surface area contributed by atoms with Gasteiger partial charge in [0.15, 0.2) is 0 Å². The lowest BCUT2D eigenvalue weighted by atomic mass is 10.0. The van der Waals surface area contributed by atoms with Gasteiger partial charge in [-0.25, -0.2) is 0 Å². The Morgan fingerprint density at radius 3 is 1.21 bits per heavy atom. The summed E-state index contributed by atoms with van der Waals surface area (Å²) < 4.78 is 23.3. The summed E-state index contributed by atoms with van der Waals surface area (Å²) in [4.78, 5) is 25.5. The van der Waals surface area contributed by atoms with E-state index < -0.39 is 26.6 Å². The van der Waals surface area contributed by atoms with Gasteiger partial charge in [-0.05, 0) is 57.8 Å². The van der Waals surface area contributed by atoms with Gasteiger partial charge in [-0.15, -0.1) is 0 Å². The Kier molecular flexibility index (Phi) is 48.7. The summed E-state index contributed by atoms with van der Waals surface area (Å²) in [6, 6.07) is -0.906. The van der Waals surface area contributed by atoms with E-state index >= 15 is 0 Å². The van der Waals surface area contributed by atoms with E-state index in [0.29, 0.717) is 17.4 Å². The Bertz CT molecular complexity index is 1190. The minimum absolute atomic E-state index is 0.00661. The maximum atomic E-state index is 13.0. The molecule has 2 N–H and O–H groups in total. The highest BCUT2D eigenvalue weighted by Crippen LogP contribution is 2.38. The number of likely N-dealkylation sites (N-methyl/N-ethyl adjacent to an activating group) is 1.